The highest BCUT2D eigenvalue weighted by atomic mass is 16.3. The van der Waals surface area contributed by atoms with Gasteiger partial charge in [0.1, 0.15) is 0 Å². The second-order valence-electron chi connectivity index (χ2n) is 2.27. The Labute approximate surface area is 55.8 Å². The largest absolute Gasteiger partial charge is 0.512 e. The van der Waals surface area contributed by atoms with E-state index in [1.807, 2.05) is 13.8 Å². The maximum atomic E-state index is 9.03. The van der Waals surface area contributed by atoms with Gasteiger partial charge in [0, 0.05) is 13.0 Å². The van der Waals surface area contributed by atoms with Crippen molar-refractivity contribution in [1.29, 1.82) is 0 Å². The molecule has 0 amide bonds. The van der Waals surface area contributed by atoms with Gasteiger partial charge in [0.2, 0.25) is 0 Å². The van der Waals surface area contributed by atoms with E-state index < -0.39 is 0 Å². The average molecular weight is 130 g/mol. The molecule has 0 rings (SSSR count). The summed E-state index contributed by atoms with van der Waals surface area (Å²) in [7, 11) is 0. The molecule has 2 heteroatoms. The molecule has 0 aromatic carbocycles. The van der Waals surface area contributed by atoms with Crippen LogP contribution in [0.15, 0.2) is 11.3 Å². The van der Waals surface area contributed by atoms with Gasteiger partial charge < -0.3 is 10.2 Å². The Morgan fingerprint density at radius 3 is 2.22 bits per heavy atom. The SMILES string of the molecule is CC(C)=C(O)CCCO. The zero-order chi connectivity index (χ0) is 7.28. The molecule has 0 aliphatic rings. The lowest BCUT2D eigenvalue weighted by molar-refractivity contribution is 0.274. The normalized spacial score (nSPS) is 9.22. The van der Waals surface area contributed by atoms with Crippen LogP contribution in [0, 0.1) is 0 Å². The summed E-state index contributed by atoms with van der Waals surface area (Å²) in [4.78, 5) is 0. The van der Waals surface area contributed by atoms with E-state index in [9.17, 15) is 0 Å². The summed E-state index contributed by atoms with van der Waals surface area (Å²) < 4.78 is 0. The molecular formula is C7H14O2. The molecule has 0 atom stereocenters. The van der Waals surface area contributed by atoms with Crippen molar-refractivity contribution >= 4 is 0 Å². The van der Waals surface area contributed by atoms with Gasteiger partial charge in [-0.2, -0.15) is 0 Å². The average Bonchev–Trinajstić information content (AvgIpc) is 1.82. The van der Waals surface area contributed by atoms with Crippen molar-refractivity contribution < 1.29 is 10.2 Å². The number of hydrogen-bond acceptors (Lipinski definition) is 2. The first-order valence-corrected chi connectivity index (χ1v) is 3.14. The zero-order valence-corrected chi connectivity index (χ0v) is 6.02. The van der Waals surface area contributed by atoms with Crippen LogP contribution in [-0.2, 0) is 0 Å². The van der Waals surface area contributed by atoms with Gasteiger partial charge in [-0.25, -0.2) is 0 Å². The molecule has 2 N–H and O–H groups in total. The Morgan fingerprint density at radius 2 is 1.89 bits per heavy atom. The lowest BCUT2D eigenvalue weighted by Crippen LogP contribution is -1.88. The number of aliphatic hydroxyl groups excluding tert-OH is 2. The highest BCUT2D eigenvalue weighted by Gasteiger charge is 1.93. The van der Waals surface area contributed by atoms with Crippen LogP contribution in [0.1, 0.15) is 26.7 Å². The van der Waals surface area contributed by atoms with Crippen LogP contribution in [0.2, 0.25) is 0 Å². The third-order valence-corrected chi connectivity index (χ3v) is 1.15. The third kappa shape index (κ3) is 4.03. The van der Waals surface area contributed by atoms with E-state index >= 15 is 0 Å². The topological polar surface area (TPSA) is 40.5 Å². The van der Waals surface area contributed by atoms with Crippen molar-refractivity contribution in [1.82, 2.24) is 0 Å². The Bertz CT molecular complexity index is 101. The van der Waals surface area contributed by atoms with Crippen LogP contribution >= 0.6 is 0 Å². The molecule has 2 nitrogen and oxygen atoms in total. The van der Waals surface area contributed by atoms with Crippen molar-refractivity contribution in [2.24, 2.45) is 0 Å². The monoisotopic (exact) mass is 130 g/mol. The van der Waals surface area contributed by atoms with Crippen LogP contribution in [0.4, 0.5) is 0 Å². The van der Waals surface area contributed by atoms with Gasteiger partial charge in [0.05, 0.1) is 5.76 Å². The quantitative estimate of drug-likeness (QED) is 0.570. The molecule has 0 saturated heterocycles. The Hall–Kier alpha value is -0.500. The number of rotatable bonds is 3. The van der Waals surface area contributed by atoms with E-state index in [-0.39, 0.29) is 6.61 Å². The van der Waals surface area contributed by atoms with Crippen LogP contribution in [0.3, 0.4) is 0 Å². The van der Waals surface area contributed by atoms with E-state index in [0.717, 1.165) is 5.57 Å². The van der Waals surface area contributed by atoms with E-state index in [2.05, 4.69) is 0 Å². The van der Waals surface area contributed by atoms with Crippen molar-refractivity contribution in [3.8, 4) is 0 Å². The number of aliphatic hydroxyl groups is 2. The molecule has 0 heterocycles. The minimum Gasteiger partial charge on any atom is -0.512 e. The Morgan fingerprint density at radius 1 is 1.33 bits per heavy atom. The van der Waals surface area contributed by atoms with Crippen molar-refractivity contribution in [3.63, 3.8) is 0 Å². The molecule has 0 bridgehead atoms. The van der Waals surface area contributed by atoms with E-state index in [1.54, 1.807) is 0 Å². The molecule has 0 saturated carbocycles. The Balaban J connectivity index is 3.50. The van der Waals surface area contributed by atoms with Crippen LogP contribution in [0.25, 0.3) is 0 Å². The first-order valence-electron chi connectivity index (χ1n) is 3.14. The molecule has 0 aromatic heterocycles. The van der Waals surface area contributed by atoms with E-state index in [1.165, 1.54) is 0 Å². The second-order valence-corrected chi connectivity index (χ2v) is 2.27. The van der Waals surface area contributed by atoms with E-state index in [0.29, 0.717) is 18.6 Å². The summed E-state index contributed by atoms with van der Waals surface area (Å²) in [5, 5.41) is 17.4. The summed E-state index contributed by atoms with van der Waals surface area (Å²) in [6.45, 7) is 3.86. The zero-order valence-electron chi connectivity index (χ0n) is 6.02. The predicted molar refractivity (Wildman–Crippen MR) is 37.3 cm³/mol. The summed E-state index contributed by atoms with van der Waals surface area (Å²) in [6.07, 6.45) is 1.25. The molecule has 0 fully saturated rings. The van der Waals surface area contributed by atoms with Gasteiger partial charge in [-0.1, -0.05) is 0 Å². The Kier molecular flexibility index (Phi) is 4.14. The number of allylic oxidation sites excluding steroid dienone is 2. The minimum atomic E-state index is 0.150. The van der Waals surface area contributed by atoms with Crippen LogP contribution in [0.5, 0.6) is 0 Å². The van der Waals surface area contributed by atoms with Crippen molar-refractivity contribution in [3.05, 3.63) is 11.3 Å². The molecule has 0 aromatic rings. The van der Waals surface area contributed by atoms with Crippen LogP contribution < -0.4 is 0 Å². The molecular weight excluding hydrogens is 116 g/mol. The molecule has 9 heavy (non-hydrogen) atoms. The van der Waals surface area contributed by atoms with Gasteiger partial charge in [-0.3, -0.25) is 0 Å². The maximum absolute atomic E-state index is 9.03. The lowest BCUT2D eigenvalue weighted by atomic mass is 10.2. The summed E-state index contributed by atoms with van der Waals surface area (Å²) in [5.41, 5.74) is 0.934. The molecule has 54 valence electrons. The maximum Gasteiger partial charge on any atom is 0.0909 e. The van der Waals surface area contributed by atoms with Gasteiger partial charge in [-0.05, 0) is 25.8 Å². The predicted octanol–water partition coefficient (Wildman–Crippen LogP) is 1.61. The van der Waals surface area contributed by atoms with Gasteiger partial charge in [0.25, 0.3) is 0 Å². The standard InChI is InChI=1S/C7H14O2/c1-6(2)7(9)4-3-5-8/h8-9H,3-5H2,1-2H3. The smallest absolute Gasteiger partial charge is 0.0909 e. The summed E-state index contributed by atoms with van der Waals surface area (Å²) in [5.74, 6) is 0.407. The van der Waals surface area contributed by atoms with Gasteiger partial charge in [-0.15, -0.1) is 0 Å². The highest BCUT2D eigenvalue weighted by molar-refractivity contribution is 5.00. The molecule has 0 unspecified atom stereocenters. The van der Waals surface area contributed by atoms with Crippen molar-refractivity contribution in [2.45, 2.75) is 26.7 Å². The highest BCUT2D eigenvalue weighted by Crippen LogP contribution is 2.05. The fourth-order valence-electron chi connectivity index (χ4n) is 0.497. The molecule has 0 radical (unpaired) electrons. The summed E-state index contributed by atoms with van der Waals surface area (Å²) in [6, 6.07) is 0. The minimum absolute atomic E-state index is 0.150. The number of hydrogen-bond donors (Lipinski definition) is 2. The summed E-state index contributed by atoms with van der Waals surface area (Å²) >= 11 is 0. The van der Waals surface area contributed by atoms with Gasteiger partial charge >= 0.3 is 0 Å². The van der Waals surface area contributed by atoms with E-state index in [4.69, 9.17) is 10.2 Å². The third-order valence-electron chi connectivity index (χ3n) is 1.15. The van der Waals surface area contributed by atoms with Gasteiger partial charge in [0.15, 0.2) is 0 Å². The molecule has 0 aliphatic heterocycles. The van der Waals surface area contributed by atoms with Crippen molar-refractivity contribution in [2.75, 3.05) is 6.61 Å². The lowest BCUT2D eigenvalue weighted by Gasteiger charge is -1.98. The fourth-order valence-corrected chi connectivity index (χ4v) is 0.497. The van der Waals surface area contributed by atoms with Crippen LogP contribution in [-0.4, -0.2) is 16.8 Å². The second kappa shape index (κ2) is 4.39. The molecule has 0 spiro atoms. The fraction of sp³-hybridized carbons (Fsp3) is 0.714. The first-order chi connectivity index (χ1) is 4.18. The molecule has 0 aliphatic carbocycles. The first kappa shape index (κ1) is 8.50.